The minimum atomic E-state index is -0.180. The van der Waals surface area contributed by atoms with Gasteiger partial charge in [-0.3, -0.25) is 4.79 Å². The molecule has 1 atom stereocenters. The second-order valence-corrected chi connectivity index (χ2v) is 3.23. The number of nitrogens with zero attached hydrogens (tertiary/aromatic N) is 1. The normalized spacial score (nSPS) is 19.4. The zero-order valence-electron chi connectivity index (χ0n) is 7.99. The Labute approximate surface area is 82.3 Å². The number of methoxy groups -OCH3 is 1. The first-order valence-electron chi connectivity index (χ1n) is 4.59. The summed E-state index contributed by atoms with van der Waals surface area (Å²) >= 11 is 0. The first-order chi connectivity index (χ1) is 6.83. The standard InChI is InChI=1S/C10H12N2O2/c1-14-10(13)8-4-6-12-9-7(8)3-2-5-11-9/h2-3,5,8H,4,6H2,1H3,(H,11,12). The molecule has 4 heteroatoms. The smallest absolute Gasteiger partial charge is 0.313 e. The number of anilines is 1. The van der Waals surface area contributed by atoms with Crippen LogP contribution in [0.25, 0.3) is 0 Å². The Bertz CT molecular complexity index is 352. The molecule has 4 nitrogen and oxygen atoms in total. The molecule has 0 radical (unpaired) electrons. The molecule has 2 rings (SSSR count). The Balaban J connectivity index is 2.35. The lowest BCUT2D eigenvalue weighted by Gasteiger charge is -2.23. The SMILES string of the molecule is COC(=O)C1CCNc2ncccc21. The maximum absolute atomic E-state index is 11.5. The van der Waals surface area contributed by atoms with Crippen molar-refractivity contribution >= 4 is 11.8 Å². The summed E-state index contributed by atoms with van der Waals surface area (Å²) in [5.41, 5.74) is 0.936. The number of aromatic nitrogens is 1. The molecule has 0 aromatic carbocycles. The van der Waals surface area contributed by atoms with Gasteiger partial charge in [-0.25, -0.2) is 4.98 Å². The predicted molar refractivity (Wildman–Crippen MR) is 52.1 cm³/mol. The third kappa shape index (κ3) is 1.43. The summed E-state index contributed by atoms with van der Waals surface area (Å²) in [6, 6.07) is 3.75. The second-order valence-electron chi connectivity index (χ2n) is 3.23. The Kier molecular flexibility index (Phi) is 2.35. The number of ether oxygens (including phenoxy) is 1. The van der Waals surface area contributed by atoms with E-state index in [1.54, 1.807) is 6.20 Å². The van der Waals surface area contributed by atoms with E-state index in [0.717, 1.165) is 24.3 Å². The summed E-state index contributed by atoms with van der Waals surface area (Å²) in [4.78, 5) is 15.6. The van der Waals surface area contributed by atoms with E-state index < -0.39 is 0 Å². The molecular weight excluding hydrogens is 180 g/mol. The molecule has 0 bridgehead atoms. The van der Waals surface area contributed by atoms with Gasteiger partial charge < -0.3 is 10.1 Å². The van der Waals surface area contributed by atoms with Crippen LogP contribution in [0.4, 0.5) is 5.82 Å². The van der Waals surface area contributed by atoms with Gasteiger partial charge in [0.2, 0.25) is 0 Å². The number of fused-ring (bicyclic) bond motifs is 1. The van der Waals surface area contributed by atoms with E-state index >= 15 is 0 Å². The van der Waals surface area contributed by atoms with E-state index in [9.17, 15) is 4.79 Å². The summed E-state index contributed by atoms with van der Waals surface area (Å²) in [5, 5.41) is 3.15. The van der Waals surface area contributed by atoms with Gasteiger partial charge in [0, 0.05) is 18.3 Å². The third-order valence-corrected chi connectivity index (χ3v) is 2.43. The minimum absolute atomic E-state index is 0.162. The number of esters is 1. The number of hydrogen-bond donors (Lipinski definition) is 1. The lowest BCUT2D eigenvalue weighted by atomic mass is 9.93. The van der Waals surface area contributed by atoms with Gasteiger partial charge >= 0.3 is 5.97 Å². The number of carbonyl (C=O) groups excluding carboxylic acids is 1. The summed E-state index contributed by atoms with van der Waals surface area (Å²) in [6.45, 7) is 0.768. The largest absolute Gasteiger partial charge is 0.469 e. The number of hydrogen-bond acceptors (Lipinski definition) is 4. The Hall–Kier alpha value is -1.58. The van der Waals surface area contributed by atoms with Crippen molar-refractivity contribution in [2.24, 2.45) is 0 Å². The zero-order chi connectivity index (χ0) is 9.97. The van der Waals surface area contributed by atoms with E-state index in [1.165, 1.54) is 7.11 Å². The highest BCUT2D eigenvalue weighted by Gasteiger charge is 2.27. The van der Waals surface area contributed by atoms with Gasteiger partial charge in [0.1, 0.15) is 5.82 Å². The van der Waals surface area contributed by atoms with Crippen molar-refractivity contribution < 1.29 is 9.53 Å². The molecule has 1 aliphatic heterocycles. The molecule has 2 heterocycles. The highest BCUT2D eigenvalue weighted by Crippen LogP contribution is 2.30. The van der Waals surface area contributed by atoms with Gasteiger partial charge in [-0.1, -0.05) is 6.07 Å². The lowest BCUT2D eigenvalue weighted by molar-refractivity contribution is -0.142. The van der Waals surface area contributed by atoms with Gasteiger partial charge in [-0.2, -0.15) is 0 Å². The Morgan fingerprint density at radius 2 is 2.57 bits per heavy atom. The van der Waals surface area contributed by atoms with Crippen molar-refractivity contribution in [2.45, 2.75) is 12.3 Å². The van der Waals surface area contributed by atoms with Crippen molar-refractivity contribution in [3.63, 3.8) is 0 Å². The topological polar surface area (TPSA) is 51.2 Å². The molecule has 1 aromatic rings. The van der Waals surface area contributed by atoms with Gasteiger partial charge in [0.25, 0.3) is 0 Å². The van der Waals surface area contributed by atoms with E-state index in [0.29, 0.717) is 0 Å². The summed E-state index contributed by atoms with van der Waals surface area (Å²) in [5.74, 6) is 0.458. The van der Waals surface area contributed by atoms with Crippen molar-refractivity contribution in [1.29, 1.82) is 0 Å². The van der Waals surface area contributed by atoms with Crippen molar-refractivity contribution in [3.8, 4) is 0 Å². The van der Waals surface area contributed by atoms with Crippen molar-refractivity contribution in [3.05, 3.63) is 23.9 Å². The highest BCUT2D eigenvalue weighted by molar-refractivity contribution is 5.80. The molecule has 0 spiro atoms. The molecule has 74 valence electrons. The molecule has 1 N–H and O–H groups in total. The molecule has 0 aliphatic carbocycles. The van der Waals surface area contributed by atoms with Gasteiger partial charge in [0.05, 0.1) is 13.0 Å². The maximum atomic E-state index is 11.5. The van der Waals surface area contributed by atoms with Crippen LogP contribution >= 0.6 is 0 Å². The van der Waals surface area contributed by atoms with E-state index in [1.807, 2.05) is 12.1 Å². The molecule has 1 aliphatic rings. The second kappa shape index (κ2) is 3.65. The third-order valence-electron chi connectivity index (χ3n) is 2.43. The zero-order valence-corrected chi connectivity index (χ0v) is 7.99. The number of pyridine rings is 1. The Morgan fingerprint density at radius 3 is 3.36 bits per heavy atom. The summed E-state index contributed by atoms with van der Waals surface area (Å²) < 4.78 is 4.75. The minimum Gasteiger partial charge on any atom is -0.469 e. The molecule has 0 saturated heterocycles. The number of rotatable bonds is 1. The lowest BCUT2D eigenvalue weighted by Crippen LogP contribution is -2.24. The summed E-state index contributed by atoms with van der Waals surface area (Å²) in [7, 11) is 1.42. The van der Waals surface area contributed by atoms with Crippen LogP contribution < -0.4 is 5.32 Å². The van der Waals surface area contributed by atoms with Crippen LogP contribution in [0, 0.1) is 0 Å². The monoisotopic (exact) mass is 192 g/mol. The van der Waals surface area contributed by atoms with Crippen LogP contribution in [-0.4, -0.2) is 24.6 Å². The van der Waals surface area contributed by atoms with Crippen molar-refractivity contribution in [1.82, 2.24) is 4.98 Å². The van der Waals surface area contributed by atoms with Crippen molar-refractivity contribution in [2.75, 3.05) is 19.0 Å². The van der Waals surface area contributed by atoms with E-state index in [4.69, 9.17) is 4.74 Å². The number of carbonyl (C=O) groups is 1. The highest BCUT2D eigenvalue weighted by atomic mass is 16.5. The van der Waals surface area contributed by atoms with E-state index in [-0.39, 0.29) is 11.9 Å². The van der Waals surface area contributed by atoms with Crippen LogP contribution in [0.3, 0.4) is 0 Å². The first kappa shape index (κ1) is 8.99. The Morgan fingerprint density at radius 1 is 1.71 bits per heavy atom. The molecule has 14 heavy (non-hydrogen) atoms. The van der Waals surface area contributed by atoms with Gasteiger partial charge in [-0.05, 0) is 12.5 Å². The average molecular weight is 192 g/mol. The first-order valence-corrected chi connectivity index (χ1v) is 4.59. The van der Waals surface area contributed by atoms with Crippen LogP contribution in [-0.2, 0) is 9.53 Å². The molecule has 1 aromatic heterocycles. The van der Waals surface area contributed by atoms with Crippen LogP contribution in [0.5, 0.6) is 0 Å². The maximum Gasteiger partial charge on any atom is 0.313 e. The fourth-order valence-corrected chi connectivity index (χ4v) is 1.72. The van der Waals surface area contributed by atoms with E-state index in [2.05, 4.69) is 10.3 Å². The molecule has 0 amide bonds. The fourth-order valence-electron chi connectivity index (χ4n) is 1.72. The molecule has 0 saturated carbocycles. The van der Waals surface area contributed by atoms with Gasteiger partial charge in [-0.15, -0.1) is 0 Å². The molecule has 1 unspecified atom stereocenters. The molecular formula is C10H12N2O2. The van der Waals surface area contributed by atoms with Crippen LogP contribution in [0.1, 0.15) is 17.9 Å². The number of nitrogens with one attached hydrogen (secondary N) is 1. The predicted octanol–water partition coefficient (Wildman–Crippen LogP) is 1.15. The van der Waals surface area contributed by atoms with Gasteiger partial charge in [0.15, 0.2) is 0 Å². The van der Waals surface area contributed by atoms with Crippen LogP contribution in [0.2, 0.25) is 0 Å². The molecule has 0 fully saturated rings. The summed E-state index contributed by atoms with van der Waals surface area (Å²) in [6.07, 6.45) is 2.48. The quantitative estimate of drug-likeness (QED) is 0.678. The van der Waals surface area contributed by atoms with Crippen LogP contribution in [0.15, 0.2) is 18.3 Å². The average Bonchev–Trinajstić information content (AvgIpc) is 2.27. The fraction of sp³-hybridized carbons (Fsp3) is 0.400.